The number of allylic oxidation sites excluding steroid dienone is 1. The Hall–Kier alpha value is -2.64. The van der Waals surface area contributed by atoms with Crippen LogP contribution in [0.5, 0.6) is 0 Å². The normalized spacial score (nSPS) is 13.9. The van der Waals surface area contributed by atoms with Crippen LogP contribution in [-0.2, 0) is 4.79 Å². The first-order valence-electron chi connectivity index (χ1n) is 8.25. The summed E-state index contributed by atoms with van der Waals surface area (Å²) < 4.78 is 40.6. The predicted octanol–water partition coefficient (Wildman–Crippen LogP) is 5.96. The van der Waals surface area contributed by atoms with Crippen molar-refractivity contribution in [2.24, 2.45) is 15.7 Å². The van der Waals surface area contributed by atoms with E-state index in [1.807, 2.05) is 0 Å². The molecule has 0 aliphatic carbocycles. The van der Waals surface area contributed by atoms with Crippen LogP contribution in [0.1, 0.15) is 24.0 Å². The van der Waals surface area contributed by atoms with E-state index in [9.17, 15) is 18.0 Å². The Morgan fingerprint density at radius 3 is 2.17 bits per heavy atom. The SMILES string of the molecule is CC(=O)C(N=CN)=Nc1ccc(/C=C/C(c2cc(Cl)cc(Cl)c2)C(F)(F)F)cc1. The molecule has 2 rings (SSSR count). The zero-order chi connectivity index (χ0) is 21.6. The third-order valence-corrected chi connectivity index (χ3v) is 4.15. The molecular weight excluding hydrogens is 426 g/mol. The van der Waals surface area contributed by atoms with Gasteiger partial charge in [0, 0.05) is 17.0 Å². The third-order valence-electron chi connectivity index (χ3n) is 3.72. The highest BCUT2D eigenvalue weighted by Crippen LogP contribution is 2.38. The second-order valence-electron chi connectivity index (χ2n) is 5.94. The molecule has 2 aromatic carbocycles. The summed E-state index contributed by atoms with van der Waals surface area (Å²) in [7, 11) is 0. The van der Waals surface area contributed by atoms with Crippen molar-refractivity contribution in [1.82, 2.24) is 0 Å². The van der Waals surface area contributed by atoms with Crippen molar-refractivity contribution in [1.29, 1.82) is 0 Å². The number of aliphatic imine (C=N–C) groups is 2. The molecule has 1 atom stereocenters. The topological polar surface area (TPSA) is 67.8 Å². The predicted molar refractivity (Wildman–Crippen MR) is 111 cm³/mol. The molecule has 0 saturated carbocycles. The fourth-order valence-electron chi connectivity index (χ4n) is 2.42. The van der Waals surface area contributed by atoms with Crippen molar-refractivity contribution in [3.05, 3.63) is 69.7 Å². The molecule has 2 aromatic rings. The number of halogens is 5. The highest BCUT2D eigenvalue weighted by Gasteiger charge is 2.39. The largest absolute Gasteiger partial charge is 0.399 e. The van der Waals surface area contributed by atoms with Crippen LogP contribution in [0.2, 0.25) is 10.0 Å². The number of nitrogens with zero attached hydrogens (tertiary/aromatic N) is 2. The molecule has 0 amide bonds. The molecule has 0 aliphatic heterocycles. The van der Waals surface area contributed by atoms with Crippen LogP contribution in [0.3, 0.4) is 0 Å². The van der Waals surface area contributed by atoms with Gasteiger partial charge in [-0.05, 0) is 41.5 Å². The number of carbonyl (C=O) groups is 1. The lowest BCUT2D eigenvalue weighted by molar-refractivity contribution is -0.139. The Labute approximate surface area is 175 Å². The Morgan fingerprint density at radius 2 is 1.69 bits per heavy atom. The van der Waals surface area contributed by atoms with Crippen molar-refractivity contribution >= 4 is 52.9 Å². The standard InChI is InChI=1S/C20H16Cl2F3N3O/c1-12(29)19(27-11-26)28-17-5-2-13(3-6-17)4-7-18(20(23,24)25)14-8-15(21)10-16(22)9-14/h2-11,18H,1H3,(H2,26,27,28)/b7-4+. The van der Waals surface area contributed by atoms with Gasteiger partial charge in [-0.1, -0.05) is 47.5 Å². The van der Waals surface area contributed by atoms with Gasteiger partial charge in [-0.15, -0.1) is 0 Å². The molecule has 1 unspecified atom stereocenters. The number of amidine groups is 1. The summed E-state index contributed by atoms with van der Waals surface area (Å²) in [5.74, 6) is -2.32. The fourth-order valence-corrected chi connectivity index (χ4v) is 2.97. The lowest BCUT2D eigenvalue weighted by Crippen LogP contribution is -2.18. The lowest BCUT2D eigenvalue weighted by atomic mass is 9.97. The highest BCUT2D eigenvalue weighted by atomic mass is 35.5. The second-order valence-corrected chi connectivity index (χ2v) is 6.82. The van der Waals surface area contributed by atoms with Gasteiger partial charge in [0.15, 0.2) is 11.6 Å². The van der Waals surface area contributed by atoms with E-state index in [2.05, 4.69) is 9.98 Å². The summed E-state index contributed by atoms with van der Waals surface area (Å²) in [6, 6.07) is 10.1. The van der Waals surface area contributed by atoms with Crippen molar-refractivity contribution in [2.45, 2.75) is 19.0 Å². The van der Waals surface area contributed by atoms with Gasteiger partial charge in [-0.25, -0.2) is 9.98 Å². The molecule has 0 aromatic heterocycles. The van der Waals surface area contributed by atoms with E-state index in [1.165, 1.54) is 31.2 Å². The monoisotopic (exact) mass is 441 g/mol. The quantitative estimate of drug-likeness (QED) is 0.459. The molecule has 0 heterocycles. The summed E-state index contributed by atoms with van der Waals surface area (Å²) in [6.07, 6.45) is -1.20. The zero-order valence-electron chi connectivity index (χ0n) is 15.1. The Balaban J connectivity index is 2.30. The van der Waals surface area contributed by atoms with Gasteiger partial charge in [0.05, 0.1) is 17.9 Å². The van der Waals surface area contributed by atoms with Crippen molar-refractivity contribution in [2.75, 3.05) is 0 Å². The van der Waals surface area contributed by atoms with Gasteiger partial charge in [0.1, 0.15) is 0 Å². The third kappa shape index (κ3) is 6.73. The Kier molecular flexibility index (Phi) is 7.59. The van der Waals surface area contributed by atoms with E-state index in [-0.39, 0.29) is 27.2 Å². The molecule has 0 aliphatic rings. The molecule has 0 saturated heterocycles. The minimum Gasteiger partial charge on any atom is -0.390 e. The van der Waals surface area contributed by atoms with E-state index >= 15 is 0 Å². The molecular formula is C20H16Cl2F3N3O. The fraction of sp³-hybridized carbons (Fsp3) is 0.150. The summed E-state index contributed by atoms with van der Waals surface area (Å²) in [5.41, 5.74) is 6.04. The number of hydrogen-bond donors (Lipinski definition) is 1. The minimum atomic E-state index is -4.52. The summed E-state index contributed by atoms with van der Waals surface area (Å²) in [5, 5.41) is 0.248. The molecule has 152 valence electrons. The maximum Gasteiger partial charge on any atom is 0.399 e. The van der Waals surface area contributed by atoms with Crippen LogP contribution < -0.4 is 5.73 Å². The summed E-state index contributed by atoms with van der Waals surface area (Å²) in [6.45, 7) is 1.29. The maximum atomic E-state index is 13.5. The molecule has 9 heteroatoms. The lowest BCUT2D eigenvalue weighted by Gasteiger charge is -2.18. The van der Waals surface area contributed by atoms with Crippen molar-refractivity contribution < 1.29 is 18.0 Å². The molecule has 2 N–H and O–H groups in total. The number of Topliss-reactive ketones (excluding diaryl/α,β-unsaturated/α-hetero) is 1. The number of rotatable bonds is 5. The number of nitrogens with two attached hydrogens (primary N) is 1. The van der Waals surface area contributed by atoms with E-state index < -0.39 is 12.1 Å². The first-order valence-corrected chi connectivity index (χ1v) is 9.00. The van der Waals surface area contributed by atoms with Gasteiger partial charge in [-0.3, -0.25) is 4.79 Å². The van der Waals surface area contributed by atoms with Crippen LogP contribution in [0.15, 0.2) is 58.5 Å². The van der Waals surface area contributed by atoms with Gasteiger partial charge in [-0.2, -0.15) is 13.2 Å². The first-order chi connectivity index (χ1) is 13.6. The first kappa shape index (κ1) is 22.6. The summed E-state index contributed by atoms with van der Waals surface area (Å²) in [4.78, 5) is 19.1. The molecule has 0 bridgehead atoms. The second kappa shape index (κ2) is 9.71. The van der Waals surface area contributed by atoms with Crippen LogP contribution in [-0.4, -0.2) is 24.1 Å². The van der Waals surface area contributed by atoms with Gasteiger partial charge < -0.3 is 5.73 Å². The zero-order valence-corrected chi connectivity index (χ0v) is 16.6. The van der Waals surface area contributed by atoms with E-state index in [0.29, 0.717) is 11.3 Å². The Morgan fingerprint density at radius 1 is 1.10 bits per heavy atom. The van der Waals surface area contributed by atoms with Crippen molar-refractivity contribution in [3.63, 3.8) is 0 Å². The van der Waals surface area contributed by atoms with Gasteiger partial charge in [0.25, 0.3) is 0 Å². The van der Waals surface area contributed by atoms with E-state index in [4.69, 9.17) is 28.9 Å². The molecule has 29 heavy (non-hydrogen) atoms. The minimum absolute atomic E-state index is 0.0572. The highest BCUT2D eigenvalue weighted by molar-refractivity contribution is 6.39. The average molecular weight is 442 g/mol. The molecule has 4 nitrogen and oxygen atoms in total. The van der Waals surface area contributed by atoms with Crippen LogP contribution >= 0.6 is 23.2 Å². The van der Waals surface area contributed by atoms with Crippen LogP contribution in [0.25, 0.3) is 6.08 Å². The number of hydrogen-bond acceptors (Lipinski definition) is 2. The van der Waals surface area contributed by atoms with Crippen molar-refractivity contribution in [3.8, 4) is 0 Å². The van der Waals surface area contributed by atoms with E-state index in [0.717, 1.165) is 12.4 Å². The number of ketones is 1. The van der Waals surface area contributed by atoms with E-state index in [1.54, 1.807) is 24.3 Å². The molecule has 0 radical (unpaired) electrons. The van der Waals surface area contributed by atoms with Gasteiger partial charge in [0.2, 0.25) is 0 Å². The van der Waals surface area contributed by atoms with Crippen LogP contribution in [0.4, 0.5) is 18.9 Å². The number of alkyl halides is 3. The molecule has 0 spiro atoms. The number of benzene rings is 2. The maximum absolute atomic E-state index is 13.5. The number of carbonyl (C=O) groups excluding carboxylic acids is 1. The Bertz CT molecular complexity index is 948. The van der Waals surface area contributed by atoms with Gasteiger partial charge >= 0.3 is 6.18 Å². The van der Waals surface area contributed by atoms with Crippen LogP contribution in [0, 0.1) is 0 Å². The summed E-state index contributed by atoms with van der Waals surface area (Å²) >= 11 is 11.7. The average Bonchev–Trinajstić information content (AvgIpc) is 2.61. The molecule has 0 fully saturated rings. The smallest absolute Gasteiger partial charge is 0.390 e.